The van der Waals surface area contributed by atoms with Crippen molar-refractivity contribution in [2.24, 2.45) is 0 Å². The van der Waals surface area contributed by atoms with Crippen molar-refractivity contribution in [1.82, 2.24) is 5.32 Å². The molecule has 0 heterocycles. The average Bonchev–Trinajstić information content (AvgIpc) is 2.37. The minimum atomic E-state index is -0.606. The molecule has 1 rings (SSSR count). The summed E-state index contributed by atoms with van der Waals surface area (Å²) in [7, 11) is 0. The van der Waals surface area contributed by atoms with Crippen LogP contribution in [-0.2, 0) is 0 Å². The van der Waals surface area contributed by atoms with E-state index < -0.39 is 11.6 Å². The van der Waals surface area contributed by atoms with Crippen molar-refractivity contribution in [3.8, 4) is 5.75 Å². The zero-order valence-corrected chi connectivity index (χ0v) is 11.7. The normalized spacial score (nSPS) is 12.4. The highest BCUT2D eigenvalue weighted by Gasteiger charge is 2.05. The number of halogens is 2. The van der Waals surface area contributed by atoms with Crippen molar-refractivity contribution in [3.05, 3.63) is 29.8 Å². The highest BCUT2D eigenvalue weighted by molar-refractivity contribution is 5.23. The molecule has 0 saturated carbocycles. The van der Waals surface area contributed by atoms with E-state index in [4.69, 9.17) is 4.74 Å². The molecule has 4 heteroatoms. The van der Waals surface area contributed by atoms with Crippen LogP contribution in [0.5, 0.6) is 5.75 Å². The molecule has 0 bridgehead atoms. The average molecular weight is 271 g/mol. The van der Waals surface area contributed by atoms with E-state index in [9.17, 15) is 8.78 Å². The number of rotatable bonds is 9. The minimum absolute atomic E-state index is 0.257. The highest BCUT2D eigenvalue weighted by atomic mass is 19.1. The molecule has 0 radical (unpaired) electrons. The Bertz CT molecular complexity index is 351. The van der Waals surface area contributed by atoms with E-state index in [1.54, 1.807) is 0 Å². The molecule has 0 spiro atoms. The Kier molecular flexibility index (Phi) is 7.41. The van der Waals surface area contributed by atoms with Gasteiger partial charge in [-0.1, -0.05) is 13.8 Å². The Hall–Kier alpha value is -1.16. The topological polar surface area (TPSA) is 21.3 Å². The van der Waals surface area contributed by atoms with Gasteiger partial charge in [0.25, 0.3) is 0 Å². The van der Waals surface area contributed by atoms with Crippen molar-refractivity contribution in [2.75, 3.05) is 13.2 Å². The zero-order chi connectivity index (χ0) is 14.1. The van der Waals surface area contributed by atoms with Crippen LogP contribution in [-0.4, -0.2) is 19.2 Å². The maximum Gasteiger partial charge on any atom is 0.129 e. The second kappa shape index (κ2) is 8.86. The summed E-state index contributed by atoms with van der Waals surface area (Å²) < 4.78 is 31.2. The quantitative estimate of drug-likeness (QED) is 0.688. The molecule has 1 N–H and O–H groups in total. The first-order chi connectivity index (χ1) is 9.15. The summed E-state index contributed by atoms with van der Waals surface area (Å²) in [5.41, 5.74) is 0. The second-order valence-electron chi connectivity index (χ2n) is 4.66. The SMILES string of the molecule is CCCNC(CC)CCCOc1cc(F)cc(F)c1. The van der Waals surface area contributed by atoms with Crippen LogP contribution < -0.4 is 10.1 Å². The maximum absolute atomic E-state index is 12.9. The van der Waals surface area contributed by atoms with Crippen molar-refractivity contribution in [3.63, 3.8) is 0 Å². The van der Waals surface area contributed by atoms with Gasteiger partial charge in [0.1, 0.15) is 17.4 Å². The lowest BCUT2D eigenvalue weighted by atomic mass is 10.1. The molecule has 0 fully saturated rings. The van der Waals surface area contributed by atoms with E-state index >= 15 is 0 Å². The van der Waals surface area contributed by atoms with Crippen molar-refractivity contribution < 1.29 is 13.5 Å². The fourth-order valence-corrected chi connectivity index (χ4v) is 1.93. The first kappa shape index (κ1) is 15.9. The summed E-state index contributed by atoms with van der Waals surface area (Å²) in [6.07, 6.45) is 4.08. The molecular formula is C15H23F2NO. The van der Waals surface area contributed by atoms with Gasteiger partial charge in [-0.05, 0) is 32.2 Å². The van der Waals surface area contributed by atoms with Crippen LogP contribution in [0, 0.1) is 11.6 Å². The Morgan fingerprint density at radius 2 is 1.84 bits per heavy atom. The maximum atomic E-state index is 12.9. The summed E-state index contributed by atoms with van der Waals surface area (Å²) >= 11 is 0. The van der Waals surface area contributed by atoms with Crippen LogP contribution in [0.25, 0.3) is 0 Å². The van der Waals surface area contributed by atoms with Crippen LogP contribution in [0.15, 0.2) is 18.2 Å². The molecule has 0 aliphatic carbocycles. The van der Waals surface area contributed by atoms with Gasteiger partial charge in [0.15, 0.2) is 0 Å². The number of nitrogens with one attached hydrogen (secondary N) is 1. The zero-order valence-electron chi connectivity index (χ0n) is 11.7. The molecule has 108 valence electrons. The molecule has 1 unspecified atom stereocenters. The van der Waals surface area contributed by atoms with E-state index in [-0.39, 0.29) is 5.75 Å². The van der Waals surface area contributed by atoms with Crippen molar-refractivity contribution >= 4 is 0 Å². The molecule has 0 amide bonds. The van der Waals surface area contributed by atoms with E-state index in [1.807, 2.05) is 0 Å². The summed E-state index contributed by atoms with van der Waals surface area (Å²) in [5.74, 6) is -0.954. The van der Waals surface area contributed by atoms with E-state index in [2.05, 4.69) is 19.2 Å². The van der Waals surface area contributed by atoms with Gasteiger partial charge < -0.3 is 10.1 Å². The van der Waals surface area contributed by atoms with Crippen molar-refractivity contribution in [2.45, 2.75) is 45.6 Å². The Balaban J connectivity index is 2.25. The number of hydrogen-bond acceptors (Lipinski definition) is 2. The molecule has 1 aromatic rings. The fourth-order valence-electron chi connectivity index (χ4n) is 1.93. The summed E-state index contributed by atoms with van der Waals surface area (Å²) in [6.45, 7) is 5.79. The molecule has 1 aromatic carbocycles. The second-order valence-corrected chi connectivity index (χ2v) is 4.66. The van der Waals surface area contributed by atoms with Crippen LogP contribution in [0.3, 0.4) is 0 Å². The van der Waals surface area contributed by atoms with Crippen LogP contribution in [0.2, 0.25) is 0 Å². The Morgan fingerprint density at radius 1 is 1.16 bits per heavy atom. The lowest BCUT2D eigenvalue weighted by molar-refractivity contribution is 0.291. The molecule has 0 aliphatic heterocycles. The molecule has 0 aliphatic rings. The summed E-state index contributed by atoms with van der Waals surface area (Å²) in [5, 5.41) is 3.46. The molecule has 0 saturated heterocycles. The third kappa shape index (κ3) is 6.53. The lowest BCUT2D eigenvalue weighted by Gasteiger charge is -2.16. The Morgan fingerprint density at radius 3 is 2.42 bits per heavy atom. The van der Waals surface area contributed by atoms with Gasteiger partial charge >= 0.3 is 0 Å². The number of ether oxygens (including phenoxy) is 1. The summed E-state index contributed by atoms with van der Waals surface area (Å²) in [4.78, 5) is 0. The fraction of sp³-hybridized carbons (Fsp3) is 0.600. The van der Waals surface area contributed by atoms with Crippen LogP contribution >= 0.6 is 0 Å². The van der Waals surface area contributed by atoms with Gasteiger partial charge in [-0.15, -0.1) is 0 Å². The molecule has 0 aromatic heterocycles. The van der Waals surface area contributed by atoms with Gasteiger partial charge in [-0.25, -0.2) is 8.78 Å². The third-order valence-electron chi connectivity index (χ3n) is 2.98. The summed E-state index contributed by atoms with van der Waals surface area (Å²) in [6, 6.07) is 3.74. The monoisotopic (exact) mass is 271 g/mol. The van der Waals surface area contributed by atoms with Gasteiger partial charge in [-0.2, -0.15) is 0 Å². The number of benzene rings is 1. The van der Waals surface area contributed by atoms with Gasteiger partial charge in [-0.3, -0.25) is 0 Å². The molecular weight excluding hydrogens is 248 g/mol. The van der Waals surface area contributed by atoms with Crippen LogP contribution in [0.4, 0.5) is 8.78 Å². The molecule has 19 heavy (non-hydrogen) atoms. The first-order valence-electron chi connectivity index (χ1n) is 6.98. The minimum Gasteiger partial charge on any atom is -0.493 e. The Labute approximate surface area is 114 Å². The standard InChI is InChI=1S/C15H23F2NO/c1-3-7-18-14(4-2)6-5-8-19-15-10-12(16)9-13(17)11-15/h9-11,14,18H,3-8H2,1-2H3. The first-order valence-corrected chi connectivity index (χ1v) is 6.98. The van der Waals surface area contributed by atoms with E-state index in [0.717, 1.165) is 38.3 Å². The lowest BCUT2D eigenvalue weighted by Crippen LogP contribution is -2.29. The predicted octanol–water partition coefficient (Wildman–Crippen LogP) is 3.90. The van der Waals surface area contributed by atoms with Gasteiger partial charge in [0.2, 0.25) is 0 Å². The third-order valence-corrected chi connectivity index (χ3v) is 2.98. The van der Waals surface area contributed by atoms with Gasteiger partial charge in [0, 0.05) is 24.2 Å². The van der Waals surface area contributed by atoms with E-state index in [1.165, 1.54) is 12.1 Å². The predicted molar refractivity (Wildman–Crippen MR) is 73.5 cm³/mol. The highest BCUT2D eigenvalue weighted by Crippen LogP contribution is 2.15. The van der Waals surface area contributed by atoms with E-state index in [0.29, 0.717) is 12.6 Å². The largest absolute Gasteiger partial charge is 0.493 e. The number of hydrogen-bond donors (Lipinski definition) is 1. The molecule has 2 nitrogen and oxygen atoms in total. The van der Waals surface area contributed by atoms with Gasteiger partial charge in [0.05, 0.1) is 6.61 Å². The molecule has 1 atom stereocenters. The van der Waals surface area contributed by atoms with Crippen LogP contribution in [0.1, 0.15) is 39.5 Å². The van der Waals surface area contributed by atoms with Crippen molar-refractivity contribution in [1.29, 1.82) is 0 Å². The smallest absolute Gasteiger partial charge is 0.129 e.